The minimum atomic E-state index is -0.465. The van der Waals surface area contributed by atoms with Gasteiger partial charge in [-0.3, -0.25) is 14.9 Å². The van der Waals surface area contributed by atoms with Crippen LogP contribution in [0.15, 0.2) is 78.9 Å². The minimum Gasteiger partial charge on any atom is -0.378 e. The summed E-state index contributed by atoms with van der Waals surface area (Å²) in [5.41, 5.74) is 3.37. The van der Waals surface area contributed by atoms with Crippen molar-refractivity contribution in [3.05, 3.63) is 100 Å². The Labute approximate surface area is 168 Å². The number of rotatable bonds is 4. The Bertz CT molecular complexity index is 1030. The SMILES string of the molecule is CC1CC(Nc2ccccc2)c2ccccc2N1C(=O)c1ccc([N+](=O)[O-])cc1. The van der Waals surface area contributed by atoms with Crippen molar-refractivity contribution >= 4 is 23.0 Å². The Balaban J connectivity index is 1.66. The number of nitrogens with zero attached hydrogens (tertiary/aromatic N) is 2. The van der Waals surface area contributed by atoms with Crippen molar-refractivity contribution in [3.8, 4) is 0 Å². The number of amides is 1. The molecule has 0 aliphatic carbocycles. The summed E-state index contributed by atoms with van der Waals surface area (Å²) in [5, 5.41) is 14.5. The molecule has 3 aromatic rings. The summed E-state index contributed by atoms with van der Waals surface area (Å²) in [7, 11) is 0. The van der Waals surface area contributed by atoms with E-state index in [4.69, 9.17) is 0 Å². The number of hydrogen-bond donors (Lipinski definition) is 1. The van der Waals surface area contributed by atoms with E-state index in [1.807, 2.05) is 61.5 Å². The highest BCUT2D eigenvalue weighted by Gasteiger charge is 2.34. The third-order valence-corrected chi connectivity index (χ3v) is 5.25. The van der Waals surface area contributed by atoms with E-state index in [1.54, 1.807) is 4.90 Å². The van der Waals surface area contributed by atoms with Gasteiger partial charge in [0.05, 0.1) is 11.0 Å². The van der Waals surface area contributed by atoms with E-state index in [9.17, 15) is 14.9 Å². The predicted molar refractivity (Wildman–Crippen MR) is 113 cm³/mol. The molecule has 0 saturated carbocycles. The van der Waals surface area contributed by atoms with E-state index < -0.39 is 4.92 Å². The highest BCUT2D eigenvalue weighted by Crippen LogP contribution is 2.39. The topological polar surface area (TPSA) is 75.5 Å². The molecule has 6 heteroatoms. The summed E-state index contributed by atoms with van der Waals surface area (Å²) >= 11 is 0. The quantitative estimate of drug-likeness (QED) is 0.494. The minimum absolute atomic E-state index is 0.0271. The normalized spacial score (nSPS) is 18.0. The zero-order valence-electron chi connectivity index (χ0n) is 16.0. The Morgan fingerprint density at radius 3 is 2.34 bits per heavy atom. The van der Waals surface area contributed by atoms with Gasteiger partial charge in [-0.05, 0) is 49.2 Å². The van der Waals surface area contributed by atoms with E-state index in [0.29, 0.717) is 5.56 Å². The van der Waals surface area contributed by atoms with Gasteiger partial charge in [0.1, 0.15) is 0 Å². The fourth-order valence-corrected chi connectivity index (χ4v) is 3.86. The van der Waals surface area contributed by atoms with Crippen LogP contribution in [0.5, 0.6) is 0 Å². The lowest BCUT2D eigenvalue weighted by Gasteiger charge is -2.40. The van der Waals surface area contributed by atoms with E-state index in [2.05, 4.69) is 5.32 Å². The van der Waals surface area contributed by atoms with Crippen LogP contribution in [0.25, 0.3) is 0 Å². The van der Waals surface area contributed by atoms with Gasteiger partial charge >= 0.3 is 0 Å². The number of benzene rings is 3. The van der Waals surface area contributed by atoms with E-state index >= 15 is 0 Å². The van der Waals surface area contributed by atoms with Crippen molar-refractivity contribution in [1.82, 2.24) is 0 Å². The number of carbonyl (C=O) groups is 1. The average molecular weight is 387 g/mol. The molecule has 2 atom stereocenters. The van der Waals surface area contributed by atoms with Crippen molar-refractivity contribution in [1.29, 1.82) is 0 Å². The lowest BCUT2D eigenvalue weighted by atomic mass is 9.90. The van der Waals surface area contributed by atoms with Crippen molar-refractivity contribution in [2.45, 2.75) is 25.4 Å². The summed E-state index contributed by atoms with van der Waals surface area (Å²) in [4.78, 5) is 25.5. The molecule has 0 bridgehead atoms. The molecule has 3 aromatic carbocycles. The van der Waals surface area contributed by atoms with Gasteiger partial charge in [0, 0.05) is 35.1 Å². The maximum absolute atomic E-state index is 13.3. The molecule has 0 saturated heterocycles. The standard InChI is InChI=1S/C23H21N3O3/c1-16-15-21(24-18-7-3-2-4-8-18)20-9-5-6-10-22(20)25(16)23(27)17-11-13-19(14-12-17)26(28)29/h2-14,16,21,24H,15H2,1H3. The molecule has 0 spiro atoms. The second-order valence-electron chi connectivity index (χ2n) is 7.19. The molecule has 1 aliphatic rings. The molecule has 6 nitrogen and oxygen atoms in total. The number of non-ortho nitro benzene ring substituents is 1. The lowest BCUT2D eigenvalue weighted by Crippen LogP contribution is -2.44. The third-order valence-electron chi connectivity index (χ3n) is 5.25. The van der Waals surface area contributed by atoms with Gasteiger partial charge in [-0.25, -0.2) is 0 Å². The summed E-state index contributed by atoms with van der Waals surface area (Å²) < 4.78 is 0. The van der Waals surface area contributed by atoms with Gasteiger partial charge in [0.15, 0.2) is 0 Å². The van der Waals surface area contributed by atoms with Crippen LogP contribution >= 0.6 is 0 Å². The van der Waals surface area contributed by atoms with Crippen LogP contribution in [0.1, 0.15) is 35.3 Å². The summed E-state index contributed by atoms with van der Waals surface area (Å²) in [6.45, 7) is 2.03. The molecule has 2 unspecified atom stereocenters. The number of hydrogen-bond acceptors (Lipinski definition) is 4. The van der Waals surface area contributed by atoms with E-state index in [1.165, 1.54) is 24.3 Å². The summed E-state index contributed by atoms with van der Waals surface area (Å²) in [6, 6.07) is 23.7. The fourth-order valence-electron chi connectivity index (χ4n) is 3.86. The molecule has 1 heterocycles. The number of nitrogens with one attached hydrogen (secondary N) is 1. The van der Waals surface area contributed by atoms with Gasteiger partial charge in [-0.2, -0.15) is 0 Å². The summed E-state index contributed by atoms with van der Waals surface area (Å²) in [6.07, 6.45) is 0.755. The van der Waals surface area contributed by atoms with Gasteiger partial charge in [0.2, 0.25) is 0 Å². The van der Waals surface area contributed by atoms with Gasteiger partial charge in [0.25, 0.3) is 11.6 Å². The number of carbonyl (C=O) groups excluding carboxylic acids is 1. The van der Waals surface area contributed by atoms with E-state index in [0.717, 1.165) is 23.4 Å². The highest BCUT2D eigenvalue weighted by molar-refractivity contribution is 6.07. The maximum Gasteiger partial charge on any atom is 0.269 e. The van der Waals surface area contributed by atoms with Crippen molar-refractivity contribution in [3.63, 3.8) is 0 Å². The number of fused-ring (bicyclic) bond motifs is 1. The van der Waals surface area contributed by atoms with Gasteiger partial charge in [-0.1, -0.05) is 36.4 Å². The van der Waals surface area contributed by atoms with Crippen LogP contribution in [0.4, 0.5) is 17.1 Å². The third kappa shape index (κ3) is 3.69. The zero-order chi connectivity index (χ0) is 20.4. The molecule has 1 N–H and O–H groups in total. The number of nitro benzene ring substituents is 1. The molecule has 0 fully saturated rings. The molecule has 0 radical (unpaired) electrons. The van der Waals surface area contributed by atoms with Crippen LogP contribution in [-0.2, 0) is 0 Å². The maximum atomic E-state index is 13.3. The van der Waals surface area contributed by atoms with E-state index in [-0.39, 0.29) is 23.7 Å². The second kappa shape index (κ2) is 7.75. The Morgan fingerprint density at radius 1 is 1.00 bits per heavy atom. The molecule has 1 aliphatic heterocycles. The van der Waals surface area contributed by atoms with Gasteiger partial charge in [-0.15, -0.1) is 0 Å². The number of nitro groups is 1. The molecule has 4 rings (SSSR count). The summed E-state index contributed by atoms with van der Waals surface area (Å²) in [5.74, 6) is -0.155. The molecule has 146 valence electrons. The van der Waals surface area contributed by atoms with Crippen LogP contribution in [-0.4, -0.2) is 16.9 Å². The van der Waals surface area contributed by atoms with Gasteiger partial charge < -0.3 is 10.2 Å². The van der Waals surface area contributed by atoms with Crippen LogP contribution in [0, 0.1) is 10.1 Å². The Morgan fingerprint density at radius 2 is 1.66 bits per heavy atom. The number of para-hydroxylation sites is 2. The fraction of sp³-hybridized carbons (Fsp3) is 0.174. The first kappa shape index (κ1) is 18.7. The molecule has 1 amide bonds. The monoisotopic (exact) mass is 387 g/mol. The van der Waals surface area contributed by atoms with Crippen LogP contribution in [0.3, 0.4) is 0 Å². The zero-order valence-corrected chi connectivity index (χ0v) is 16.0. The first-order valence-electron chi connectivity index (χ1n) is 9.53. The predicted octanol–water partition coefficient (Wildman–Crippen LogP) is 5.19. The molecule has 0 aromatic heterocycles. The van der Waals surface area contributed by atoms with Crippen molar-refractivity contribution in [2.24, 2.45) is 0 Å². The first-order valence-corrected chi connectivity index (χ1v) is 9.53. The Kier molecular flexibility index (Phi) is 4.99. The lowest BCUT2D eigenvalue weighted by molar-refractivity contribution is -0.384. The largest absolute Gasteiger partial charge is 0.378 e. The number of anilines is 2. The van der Waals surface area contributed by atoms with Crippen LogP contribution in [0.2, 0.25) is 0 Å². The van der Waals surface area contributed by atoms with Crippen molar-refractivity contribution < 1.29 is 9.72 Å². The Hall–Kier alpha value is -3.67. The first-order chi connectivity index (χ1) is 14.0. The van der Waals surface area contributed by atoms with Crippen molar-refractivity contribution in [2.75, 3.05) is 10.2 Å². The molecule has 29 heavy (non-hydrogen) atoms. The van der Waals surface area contributed by atoms with Crippen LogP contribution < -0.4 is 10.2 Å². The highest BCUT2D eigenvalue weighted by atomic mass is 16.6. The average Bonchev–Trinajstić information content (AvgIpc) is 2.74. The molecular weight excluding hydrogens is 366 g/mol. The second-order valence-corrected chi connectivity index (χ2v) is 7.19. The molecular formula is C23H21N3O3. The smallest absolute Gasteiger partial charge is 0.269 e.